The molecule has 0 aromatic rings. The van der Waals surface area contributed by atoms with Crippen LogP contribution in [-0.4, -0.2) is 24.6 Å². The van der Waals surface area contributed by atoms with E-state index < -0.39 is 0 Å². The summed E-state index contributed by atoms with van der Waals surface area (Å²) >= 11 is 1.97. The van der Waals surface area contributed by atoms with Crippen molar-refractivity contribution in [2.24, 2.45) is 17.8 Å². The number of hydrogen-bond acceptors (Lipinski definition) is 2. The van der Waals surface area contributed by atoms with E-state index >= 15 is 0 Å². The number of unbranched alkanes of at least 4 members (excludes halogenated alkanes) is 3. The molecule has 0 heterocycles. The third-order valence-corrected chi connectivity index (χ3v) is 5.41. The maximum absolute atomic E-state index is 3.76. The molecule has 0 saturated heterocycles. The fourth-order valence-electron chi connectivity index (χ4n) is 3.60. The molecule has 2 rings (SSSR count). The lowest BCUT2D eigenvalue weighted by Crippen LogP contribution is -2.36. The van der Waals surface area contributed by atoms with Crippen LogP contribution in [0.3, 0.4) is 0 Å². The summed E-state index contributed by atoms with van der Waals surface area (Å²) in [4.78, 5) is 0. The standard InChI is InChI=1S/C16H29NS/c1-13(16-12-14-7-8-15(16)11-14)17-9-5-3-4-6-10-18-2/h7-8,13-17H,3-6,9-12H2,1-2H3. The molecule has 2 aliphatic rings. The van der Waals surface area contributed by atoms with Gasteiger partial charge >= 0.3 is 0 Å². The molecule has 2 heteroatoms. The summed E-state index contributed by atoms with van der Waals surface area (Å²) in [5.74, 6) is 4.05. The summed E-state index contributed by atoms with van der Waals surface area (Å²) in [6.45, 7) is 3.62. The van der Waals surface area contributed by atoms with Crippen molar-refractivity contribution in [3.05, 3.63) is 12.2 Å². The summed E-state index contributed by atoms with van der Waals surface area (Å²) in [5.41, 5.74) is 0. The Labute approximate surface area is 117 Å². The molecule has 0 radical (unpaired) electrons. The Morgan fingerprint density at radius 2 is 2.00 bits per heavy atom. The quantitative estimate of drug-likeness (QED) is 0.498. The van der Waals surface area contributed by atoms with Gasteiger partial charge < -0.3 is 5.32 Å². The third kappa shape index (κ3) is 4.03. The minimum atomic E-state index is 0.719. The summed E-state index contributed by atoms with van der Waals surface area (Å²) in [6.07, 6.45) is 15.6. The van der Waals surface area contributed by atoms with Crippen LogP contribution in [-0.2, 0) is 0 Å². The van der Waals surface area contributed by atoms with Gasteiger partial charge in [-0.3, -0.25) is 0 Å². The average molecular weight is 267 g/mol. The fourth-order valence-corrected chi connectivity index (χ4v) is 4.10. The molecule has 0 aromatic carbocycles. The maximum Gasteiger partial charge on any atom is 0.00728 e. The molecule has 2 aliphatic carbocycles. The van der Waals surface area contributed by atoms with E-state index in [0.717, 1.165) is 23.8 Å². The number of thioether (sulfide) groups is 1. The summed E-state index contributed by atoms with van der Waals surface area (Å²) in [6, 6.07) is 0.719. The van der Waals surface area contributed by atoms with E-state index in [1.165, 1.54) is 50.8 Å². The van der Waals surface area contributed by atoms with E-state index in [0.29, 0.717) is 0 Å². The van der Waals surface area contributed by atoms with Crippen LogP contribution in [0.5, 0.6) is 0 Å². The molecule has 1 N–H and O–H groups in total. The Kier molecular flexibility index (Phi) is 6.10. The summed E-state index contributed by atoms with van der Waals surface area (Å²) < 4.78 is 0. The van der Waals surface area contributed by atoms with Gasteiger partial charge in [0.2, 0.25) is 0 Å². The van der Waals surface area contributed by atoms with Crippen molar-refractivity contribution in [3.63, 3.8) is 0 Å². The van der Waals surface area contributed by atoms with Gasteiger partial charge in [-0.25, -0.2) is 0 Å². The van der Waals surface area contributed by atoms with Gasteiger partial charge in [-0.1, -0.05) is 25.0 Å². The Balaban J connectivity index is 1.50. The van der Waals surface area contributed by atoms with Crippen LogP contribution in [0, 0.1) is 17.8 Å². The molecular weight excluding hydrogens is 238 g/mol. The maximum atomic E-state index is 3.76. The van der Waals surface area contributed by atoms with E-state index in [9.17, 15) is 0 Å². The smallest absolute Gasteiger partial charge is 0.00728 e. The largest absolute Gasteiger partial charge is 0.314 e. The van der Waals surface area contributed by atoms with E-state index in [4.69, 9.17) is 0 Å². The lowest BCUT2D eigenvalue weighted by Gasteiger charge is -2.26. The van der Waals surface area contributed by atoms with Crippen LogP contribution in [0.1, 0.15) is 45.4 Å². The zero-order valence-corrected chi connectivity index (χ0v) is 12.8. The minimum Gasteiger partial charge on any atom is -0.314 e. The Hall–Kier alpha value is 0.0500. The molecule has 4 atom stereocenters. The van der Waals surface area contributed by atoms with Crippen molar-refractivity contribution in [1.29, 1.82) is 0 Å². The molecule has 4 unspecified atom stereocenters. The molecule has 18 heavy (non-hydrogen) atoms. The van der Waals surface area contributed by atoms with Crippen LogP contribution in [0.15, 0.2) is 12.2 Å². The summed E-state index contributed by atoms with van der Waals surface area (Å²) in [5, 5.41) is 3.76. The Bertz CT molecular complexity index is 264. The predicted octanol–water partition coefficient (Wildman–Crippen LogP) is 4.10. The van der Waals surface area contributed by atoms with E-state index in [1.807, 2.05) is 11.8 Å². The van der Waals surface area contributed by atoms with Crippen molar-refractivity contribution in [1.82, 2.24) is 5.32 Å². The monoisotopic (exact) mass is 267 g/mol. The number of allylic oxidation sites excluding steroid dienone is 2. The van der Waals surface area contributed by atoms with E-state index in [2.05, 4.69) is 30.6 Å². The average Bonchev–Trinajstić information content (AvgIpc) is 2.99. The van der Waals surface area contributed by atoms with E-state index in [-0.39, 0.29) is 0 Å². The second-order valence-corrected chi connectivity index (χ2v) is 7.08. The lowest BCUT2D eigenvalue weighted by molar-refractivity contribution is 0.326. The topological polar surface area (TPSA) is 12.0 Å². The first-order valence-electron chi connectivity index (χ1n) is 7.72. The summed E-state index contributed by atoms with van der Waals surface area (Å²) in [7, 11) is 0. The van der Waals surface area contributed by atoms with Crippen LogP contribution in [0.4, 0.5) is 0 Å². The van der Waals surface area contributed by atoms with Gasteiger partial charge in [-0.15, -0.1) is 0 Å². The van der Waals surface area contributed by atoms with Crippen LogP contribution in [0.25, 0.3) is 0 Å². The van der Waals surface area contributed by atoms with Crippen molar-refractivity contribution < 1.29 is 0 Å². The first-order chi connectivity index (χ1) is 8.81. The Morgan fingerprint density at radius 1 is 1.17 bits per heavy atom. The van der Waals surface area contributed by atoms with Gasteiger partial charge in [0, 0.05) is 6.04 Å². The highest BCUT2D eigenvalue weighted by atomic mass is 32.2. The second kappa shape index (κ2) is 7.59. The fraction of sp³-hybridized carbons (Fsp3) is 0.875. The lowest BCUT2D eigenvalue weighted by atomic mass is 9.87. The number of rotatable bonds is 9. The van der Waals surface area contributed by atoms with Crippen molar-refractivity contribution >= 4 is 11.8 Å². The Morgan fingerprint density at radius 3 is 2.67 bits per heavy atom. The van der Waals surface area contributed by atoms with Crippen molar-refractivity contribution in [2.75, 3.05) is 18.6 Å². The van der Waals surface area contributed by atoms with Crippen molar-refractivity contribution in [3.8, 4) is 0 Å². The first kappa shape index (κ1) is 14.5. The van der Waals surface area contributed by atoms with Crippen molar-refractivity contribution in [2.45, 2.75) is 51.5 Å². The zero-order valence-electron chi connectivity index (χ0n) is 12.0. The highest BCUT2D eigenvalue weighted by Gasteiger charge is 2.38. The number of fused-ring (bicyclic) bond motifs is 2. The van der Waals surface area contributed by atoms with Crippen LogP contribution >= 0.6 is 11.8 Å². The van der Waals surface area contributed by atoms with Crippen LogP contribution in [0.2, 0.25) is 0 Å². The zero-order chi connectivity index (χ0) is 12.8. The van der Waals surface area contributed by atoms with Gasteiger partial charge in [0.15, 0.2) is 0 Å². The highest BCUT2D eigenvalue weighted by Crippen LogP contribution is 2.44. The van der Waals surface area contributed by atoms with Gasteiger partial charge in [0.25, 0.3) is 0 Å². The molecular formula is C16H29NS. The highest BCUT2D eigenvalue weighted by molar-refractivity contribution is 7.98. The van der Waals surface area contributed by atoms with Gasteiger partial charge in [-0.2, -0.15) is 11.8 Å². The predicted molar refractivity (Wildman–Crippen MR) is 83.2 cm³/mol. The molecule has 0 amide bonds. The molecule has 1 saturated carbocycles. The van der Waals surface area contributed by atoms with Crippen LogP contribution < -0.4 is 5.32 Å². The molecule has 1 nitrogen and oxygen atoms in total. The third-order valence-electron chi connectivity index (χ3n) is 4.71. The second-order valence-electron chi connectivity index (χ2n) is 6.09. The van der Waals surface area contributed by atoms with Gasteiger partial charge in [-0.05, 0) is 68.9 Å². The van der Waals surface area contributed by atoms with Gasteiger partial charge in [0.1, 0.15) is 0 Å². The molecule has 104 valence electrons. The molecule has 0 aliphatic heterocycles. The number of nitrogens with one attached hydrogen (secondary N) is 1. The van der Waals surface area contributed by atoms with E-state index in [1.54, 1.807) is 0 Å². The minimum absolute atomic E-state index is 0.719. The SMILES string of the molecule is CSCCCCCCNC(C)C1CC2C=CC1C2. The molecule has 0 spiro atoms. The van der Waals surface area contributed by atoms with Gasteiger partial charge in [0.05, 0.1) is 0 Å². The normalized spacial score (nSPS) is 31.1. The number of hydrogen-bond donors (Lipinski definition) is 1. The molecule has 0 aromatic heterocycles. The first-order valence-corrected chi connectivity index (χ1v) is 9.11. The molecule has 2 bridgehead atoms. The molecule has 1 fully saturated rings.